The van der Waals surface area contributed by atoms with E-state index in [1.54, 1.807) is 32.0 Å². The molecule has 0 saturated heterocycles. The van der Waals surface area contributed by atoms with Gasteiger partial charge in [-0.3, -0.25) is 13.9 Å². The second-order valence-corrected chi connectivity index (χ2v) is 15.6. The topological polar surface area (TPSA) is 182 Å². The van der Waals surface area contributed by atoms with E-state index < -0.39 is 45.7 Å². The summed E-state index contributed by atoms with van der Waals surface area (Å²) in [5, 5.41) is 28.4. The first-order chi connectivity index (χ1) is 24.8. The van der Waals surface area contributed by atoms with E-state index in [1.807, 2.05) is 44.2 Å². The molecule has 4 aromatic rings. The molecule has 3 N–H and O–H groups in total. The van der Waals surface area contributed by atoms with Gasteiger partial charge in [0.05, 0.1) is 29.8 Å². The number of rotatable bonds is 17. The summed E-state index contributed by atoms with van der Waals surface area (Å²) in [6.07, 6.45) is 0.00676. The lowest BCUT2D eigenvalue weighted by Crippen LogP contribution is -2.53. The monoisotopic (exact) mass is 735 g/mol. The molecule has 5 rings (SSSR count). The van der Waals surface area contributed by atoms with Crippen LogP contribution in [0.1, 0.15) is 50.4 Å². The van der Waals surface area contributed by atoms with E-state index in [-0.39, 0.29) is 56.1 Å². The summed E-state index contributed by atoms with van der Waals surface area (Å²) in [6.45, 7) is 6.99. The van der Waals surface area contributed by atoms with Crippen molar-refractivity contribution in [2.45, 2.75) is 70.3 Å². The fourth-order valence-electron chi connectivity index (χ4n) is 6.23. The van der Waals surface area contributed by atoms with Gasteiger partial charge in [-0.1, -0.05) is 81.4 Å². The van der Waals surface area contributed by atoms with Crippen LogP contribution < -0.4 is 20.5 Å². The largest absolute Gasteiger partial charge is 0.493 e. The lowest BCUT2D eigenvalue weighted by molar-refractivity contribution is -0.127. The Kier molecular flexibility index (Phi) is 12.2. The van der Waals surface area contributed by atoms with Crippen molar-refractivity contribution in [1.29, 1.82) is 0 Å². The van der Waals surface area contributed by atoms with E-state index >= 15 is 0 Å². The molecule has 1 amide bonds. The molecular weight excluding hydrogens is 691 g/mol. The molecule has 1 aliphatic rings. The first kappa shape index (κ1) is 38.2. The highest BCUT2D eigenvalue weighted by Crippen LogP contribution is 2.33. The predicted octanol–water partition coefficient (Wildman–Crippen LogP) is 4.03. The number of imidazole rings is 1. The van der Waals surface area contributed by atoms with Crippen LogP contribution in [0.4, 0.5) is 0 Å². The van der Waals surface area contributed by atoms with Gasteiger partial charge in [0.2, 0.25) is 28.6 Å². The maximum absolute atomic E-state index is 14.2. The number of nitroso groups, excluding NO2 is 1. The van der Waals surface area contributed by atoms with E-state index in [2.05, 4.69) is 10.5 Å². The highest BCUT2D eigenvalue weighted by Gasteiger charge is 2.34. The smallest absolute Gasteiger partial charge is 0.332 e. The number of benzene rings is 3. The normalized spacial score (nSPS) is 14.5. The van der Waals surface area contributed by atoms with E-state index in [0.29, 0.717) is 22.6 Å². The van der Waals surface area contributed by atoms with Gasteiger partial charge in [0.15, 0.2) is 11.5 Å². The minimum atomic E-state index is -4.11. The van der Waals surface area contributed by atoms with Crippen LogP contribution in [0.25, 0.3) is 0 Å². The highest BCUT2D eigenvalue weighted by molar-refractivity contribution is 7.89. The van der Waals surface area contributed by atoms with Gasteiger partial charge in [-0.2, -0.15) is 9.21 Å². The Labute approximate surface area is 302 Å². The number of carbonyl (C=O) groups excluding carboxylic acids is 1. The zero-order valence-electron chi connectivity index (χ0n) is 29.6. The van der Waals surface area contributed by atoms with Crippen LogP contribution in [0.15, 0.2) is 93.9 Å². The number of nitrogens with one attached hydrogen (secondary N) is 1. The molecule has 0 aliphatic carbocycles. The molecule has 0 spiro atoms. The van der Waals surface area contributed by atoms with Crippen molar-refractivity contribution in [3.05, 3.63) is 111 Å². The number of sulfonamides is 1. The number of ether oxygens (including phenoxy) is 2. The van der Waals surface area contributed by atoms with E-state index in [1.165, 1.54) is 39.3 Å². The summed E-state index contributed by atoms with van der Waals surface area (Å²) in [6, 6.07) is 18.1. The molecule has 3 aromatic carbocycles. The van der Waals surface area contributed by atoms with Crippen LogP contribution in [0.3, 0.4) is 0 Å². The van der Waals surface area contributed by atoms with Crippen molar-refractivity contribution in [1.82, 2.24) is 18.8 Å². The molecule has 2 heterocycles. The Balaban J connectivity index is 1.41. The number of hydrogen-bond acceptors (Lipinski definition) is 10. The molecule has 0 radical (unpaired) electrons. The maximum Gasteiger partial charge on any atom is 0.332 e. The fourth-order valence-corrected chi connectivity index (χ4v) is 7.85. The number of amides is 1. The first-order valence-electron chi connectivity index (χ1n) is 17.1. The van der Waals surface area contributed by atoms with Gasteiger partial charge in [0.1, 0.15) is 12.6 Å². The van der Waals surface area contributed by atoms with Gasteiger partial charge < -0.3 is 25.0 Å². The Morgan fingerprint density at radius 1 is 0.942 bits per heavy atom. The molecule has 0 unspecified atom stereocenters. The van der Waals surface area contributed by atoms with Crippen molar-refractivity contribution in [3.63, 3.8) is 0 Å². The number of fused-ring (bicyclic) bond motifs is 1. The molecule has 1 aromatic heterocycles. The van der Waals surface area contributed by atoms with Crippen molar-refractivity contribution >= 4 is 15.9 Å². The average molecular weight is 736 g/mol. The minimum absolute atomic E-state index is 0.00689. The van der Waals surface area contributed by atoms with Gasteiger partial charge in [-0.25, -0.2) is 13.2 Å². The van der Waals surface area contributed by atoms with Gasteiger partial charge in [0.25, 0.3) is 0 Å². The fraction of sp³-hybridized carbons (Fsp3) is 0.405. The third kappa shape index (κ3) is 8.89. The predicted molar refractivity (Wildman–Crippen MR) is 194 cm³/mol. The number of hydrogen-bond donors (Lipinski definition) is 3. The van der Waals surface area contributed by atoms with Crippen molar-refractivity contribution in [3.8, 4) is 17.4 Å². The standard InChI is InChI=1S/C37H45N5O9S/c1-24(2)19-40(52(48,49)29-13-10-27(11-14-29)18-38-47)21-31(43)30(16-26-8-6-5-7-9-26)39-36(45)35(25(3)4)42-22-34(44)41(37(42)46)20-28-12-15-32-33(17-28)51-23-50-32/h5-15,17,22,24-25,30-31,35,43-44H,16,18-21,23H2,1-4H3,(H,39,45)/t30-,31+,35-/m0/s1. The Bertz CT molecular complexity index is 2010. The van der Waals surface area contributed by atoms with E-state index in [9.17, 15) is 33.1 Å². The number of aromatic nitrogens is 2. The highest BCUT2D eigenvalue weighted by atomic mass is 32.2. The van der Waals surface area contributed by atoms with Crippen LogP contribution in [-0.2, 0) is 34.3 Å². The van der Waals surface area contributed by atoms with E-state index in [0.717, 1.165) is 10.1 Å². The molecule has 52 heavy (non-hydrogen) atoms. The summed E-state index contributed by atoms with van der Waals surface area (Å²) in [7, 11) is -4.11. The molecule has 3 atom stereocenters. The summed E-state index contributed by atoms with van der Waals surface area (Å²) in [5.74, 6) is -0.356. The average Bonchev–Trinajstić information content (AvgIpc) is 3.68. The lowest BCUT2D eigenvalue weighted by atomic mass is 9.98. The van der Waals surface area contributed by atoms with Gasteiger partial charge in [0, 0.05) is 13.1 Å². The lowest BCUT2D eigenvalue weighted by Gasteiger charge is -2.32. The Morgan fingerprint density at radius 3 is 2.27 bits per heavy atom. The summed E-state index contributed by atoms with van der Waals surface area (Å²) in [5.41, 5.74) is 1.40. The van der Waals surface area contributed by atoms with Gasteiger partial charge >= 0.3 is 5.69 Å². The number of aliphatic hydroxyl groups is 1. The van der Waals surface area contributed by atoms with Crippen LogP contribution in [0, 0.1) is 16.7 Å². The van der Waals surface area contributed by atoms with Crippen LogP contribution in [0.2, 0.25) is 0 Å². The molecule has 14 nitrogen and oxygen atoms in total. The van der Waals surface area contributed by atoms with Crippen molar-refractivity contribution < 1.29 is 32.9 Å². The zero-order chi connectivity index (χ0) is 37.6. The van der Waals surface area contributed by atoms with Crippen molar-refractivity contribution in [2.75, 3.05) is 19.9 Å². The summed E-state index contributed by atoms with van der Waals surface area (Å²) >= 11 is 0. The first-order valence-corrected chi connectivity index (χ1v) is 18.5. The number of carbonyl (C=O) groups is 1. The molecular formula is C37H45N5O9S. The Morgan fingerprint density at radius 2 is 1.62 bits per heavy atom. The maximum atomic E-state index is 14.2. The van der Waals surface area contributed by atoms with Crippen LogP contribution in [0.5, 0.6) is 17.4 Å². The Hall–Kier alpha value is -4.99. The third-order valence-electron chi connectivity index (χ3n) is 8.82. The molecule has 0 saturated carbocycles. The quantitative estimate of drug-likeness (QED) is 0.135. The van der Waals surface area contributed by atoms with Crippen molar-refractivity contribution in [2.24, 2.45) is 17.0 Å². The van der Waals surface area contributed by atoms with Crippen LogP contribution in [-0.4, -0.2) is 70.0 Å². The molecule has 15 heteroatoms. The minimum Gasteiger partial charge on any atom is -0.493 e. The van der Waals surface area contributed by atoms with Gasteiger partial charge in [-0.05, 0) is 59.2 Å². The van der Waals surface area contributed by atoms with Gasteiger partial charge in [-0.15, -0.1) is 0 Å². The molecule has 0 bridgehead atoms. The number of aliphatic hydroxyl groups excluding tert-OH is 1. The second kappa shape index (κ2) is 16.6. The second-order valence-electron chi connectivity index (χ2n) is 13.7. The molecule has 1 aliphatic heterocycles. The van der Waals surface area contributed by atoms with Crippen LogP contribution >= 0.6 is 0 Å². The third-order valence-corrected chi connectivity index (χ3v) is 10.7. The van der Waals surface area contributed by atoms with E-state index in [4.69, 9.17) is 9.47 Å². The summed E-state index contributed by atoms with van der Waals surface area (Å²) in [4.78, 5) is 38.6. The molecule has 0 fully saturated rings. The number of aromatic hydroxyl groups is 1. The zero-order valence-corrected chi connectivity index (χ0v) is 30.4. The SMILES string of the molecule is CC(C)CN(C[C@@H](O)[C@H](Cc1ccccc1)NC(=O)[C@H](C(C)C)n1cc(O)n(Cc2ccc3c(c2)OCO3)c1=O)S(=O)(=O)c1ccc(CN=O)cc1. The number of nitrogens with zero attached hydrogens (tertiary/aromatic N) is 4. The molecule has 278 valence electrons. The summed E-state index contributed by atoms with van der Waals surface area (Å²) < 4.78 is 42.1.